The van der Waals surface area contributed by atoms with E-state index < -0.39 is 12.0 Å². The zero-order valence-corrected chi connectivity index (χ0v) is 13.4. The highest BCUT2D eigenvalue weighted by atomic mass is 16.5. The maximum atomic E-state index is 12.7. The number of carbonyl (C=O) groups excluding carboxylic acids is 2. The number of carbonyl (C=O) groups is 2. The van der Waals surface area contributed by atoms with Gasteiger partial charge in [-0.3, -0.25) is 9.69 Å². The van der Waals surface area contributed by atoms with Gasteiger partial charge in [0.2, 0.25) is 5.91 Å². The summed E-state index contributed by atoms with van der Waals surface area (Å²) in [7, 11) is 4.99. The molecular formula is C18H20N2O3. The van der Waals surface area contributed by atoms with E-state index in [9.17, 15) is 9.59 Å². The fourth-order valence-corrected chi connectivity index (χ4v) is 2.40. The third-order valence-corrected chi connectivity index (χ3v) is 3.47. The molecule has 5 heteroatoms. The molecule has 2 aromatic rings. The van der Waals surface area contributed by atoms with Gasteiger partial charge in [0.1, 0.15) is 6.04 Å². The molecule has 1 atom stereocenters. The van der Waals surface area contributed by atoms with E-state index in [4.69, 9.17) is 4.74 Å². The van der Waals surface area contributed by atoms with Gasteiger partial charge in [0.05, 0.1) is 18.4 Å². The number of hydrogen-bond acceptors (Lipinski definition) is 4. The van der Waals surface area contributed by atoms with Gasteiger partial charge in [0.15, 0.2) is 0 Å². The van der Waals surface area contributed by atoms with Crippen LogP contribution in [0.2, 0.25) is 0 Å². The van der Waals surface area contributed by atoms with Crippen LogP contribution in [0.1, 0.15) is 22.0 Å². The molecule has 0 aliphatic heterocycles. The normalized spacial score (nSPS) is 11.8. The maximum Gasteiger partial charge on any atom is 0.339 e. The van der Waals surface area contributed by atoms with Crippen molar-refractivity contribution in [3.05, 3.63) is 65.7 Å². The zero-order valence-electron chi connectivity index (χ0n) is 13.4. The first-order valence-corrected chi connectivity index (χ1v) is 7.24. The predicted octanol–water partition coefficient (Wildman–Crippen LogP) is 2.71. The predicted molar refractivity (Wildman–Crippen MR) is 89.3 cm³/mol. The van der Waals surface area contributed by atoms with Crippen molar-refractivity contribution in [3.8, 4) is 0 Å². The summed E-state index contributed by atoms with van der Waals surface area (Å²) in [5.41, 5.74) is 1.64. The smallest absolute Gasteiger partial charge is 0.339 e. The summed E-state index contributed by atoms with van der Waals surface area (Å²) in [6.07, 6.45) is 0. The lowest BCUT2D eigenvalue weighted by Gasteiger charge is -2.24. The summed E-state index contributed by atoms with van der Waals surface area (Å²) in [5, 5.41) is 2.82. The summed E-state index contributed by atoms with van der Waals surface area (Å²) < 4.78 is 4.75. The van der Waals surface area contributed by atoms with Crippen molar-refractivity contribution in [2.24, 2.45) is 0 Å². The number of para-hydroxylation sites is 1. The molecule has 0 radical (unpaired) electrons. The van der Waals surface area contributed by atoms with Gasteiger partial charge in [0.25, 0.3) is 0 Å². The lowest BCUT2D eigenvalue weighted by molar-refractivity contribution is -0.120. The Hall–Kier alpha value is -2.66. The largest absolute Gasteiger partial charge is 0.465 e. The lowest BCUT2D eigenvalue weighted by Crippen LogP contribution is -2.32. The molecule has 0 heterocycles. The standard InChI is InChI=1S/C18H20N2O3/c1-20(2)16(13-9-5-4-6-10-13)17(21)19-15-12-8-7-11-14(15)18(22)23-3/h4-12,16H,1-3H3,(H,19,21). The Kier molecular flexibility index (Phi) is 5.49. The first-order valence-electron chi connectivity index (χ1n) is 7.24. The minimum atomic E-state index is -0.484. The Morgan fingerprint density at radius 3 is 2.22 bits per heavy atom. The molecule has 1 N–H and O–H groups in total. The van der Waals surface area contributed by atoms with Gasteiger partial charge in [0, 0.05) is 0 Å². The number of nitrogens with zero attached hydrogens (tertiary/aromatic N) is 1. The van der Waals surface area contributed by atoms with Crippen molar-refractivity contribution in [3.63, 3.8) is 0 Å². The minimum absolute atomic E-state index is 0.211. The first-order chi connectivity index (χ1) is 11.0. The van der Waals surface area contributed by atoms with E-state index >= 15 is 0 Å². The summed E-state index contributed by atoms with van der Waals surface area (Å²) in [6.45, 7) is 0. The van der Waals surface area contributed by atoms with Crippen LogP contribution in [0.5, 0.6) is 0 Å². The highest BCUT2D eigenvalue weighted by molar-refractivity contribution is 6.02. The molecule has 0 spiro atoms. The molecule has 2 rings (SSSR count). The molecule has 0 aliphatic rings. The average Bonchev–Trinajstić information content (AvgIpc) is 2.55. The van der Waals surface area contributed by atoms with Crippen LogP contribution >= 0.6 is 0 Å². The summed E-state index contributed by atoms with van der Waals surface area (Å²) in [6, 6.07) is 15.8. The second kappa shape index (κ2) is 7.56. The highest BCUT2D eigenvalue weighted by Crippen LogP contribution is 2.22. The summed E-state index contributed by atoms with van der Waals surface area (Å²) in [5.74, 6) is -0.695. The Bertz CT molecular complexity index is 684. The Labute approximate surface area is 135 Å². The number of anilines is 1. The number of amides is 1. The van der Waals surface area contributed by atoms with Crippen LogP contribution < -0.4 is 5.32 Å². The van der Waals surface area contributed by atoms with Gasteiger partial charge >= 0.3 is 5.97 Å². The first kappa shape index (κ1) is 16.7. The van der Waals surface area contributed by atoms with Crippen LogP contribution in [0.25, 0.3) is 0 Å². The number of hydrogen-bond donors (Lipinski definition) is 1. The number of esters is 1. The van der Waals surface area contributed by atoms with Gasteiger partial charge in [-0.15, -0.1) is 0 Å². The van der Waals surface area contributed by atoms with E-state index in [-0.39, 0.29) is 5.91 Å². The Morgan fingerprint density at radius 2 is 1.61 bits per heavy atom. The molecule has 2 aromatic carbocycles. The molecule has 23 heavy (non-hydrogen) atoms. The van der Waals surface area contributed by atoms with Crippen LogP contribution in [0, 0.1) is 0 Å². The number of nitrogens with one attached hydrogen (secondary N) is 1. The third-order valence-electron chi connectivity index (χ3n) is 3.47. The summed E-state index contributed by atoms with van der Waals surface area (Å²) >= 11 is 0. The maximum absolute atomic E-state index is 12.7. The number of methoxy groups -OCH3 is 1. The molecule has 1 unspecified atom stereocenters. The molecular weight excluding hydrogens is 292 g/mol. The monoisotopic (exact) mass is 312 g/mol. The molecule has 0 bridgehead atoms. The van der Waals surface area contributed by atoms with Gasteiger partial charge in [-0.2, -0.15) is 0 Å². The quantitative estimate of drug-likeness (QED) is 0.863. The zero-order chi connectivity index (χ0) is 16.8. The van der Waals surface area contributed by atoms with Gasteiger partial charge in [-0.25, -0.2) is 4.79 Å². The Balaban J connectivity index is 2.29. The third kappa shape index (κ3) is 3.96. The number of benzene rings is 2. The SMILES string of the molecule is COC(=O)c1ccccc1NC(=O)C(c1ccccc1)N(C)C. The van der Waals surface area contributed by atoms with Crippen molar-refractivity contribution in [2.45, 2.75) is 6.04 Å². The van der Waals surface area contributed by atoms with E-state index in [1.54, 1.807) is 24.3 Å². The number of ether oxygens (including phenoxy) is 1. The van der Waals surface area contributed by atoms with Crippen LogP contribution in [0.15, 0.2) is 54.6 Å². The molecule has 0 saturated heterocycles. The minimum Gasteiger partial charge on any atom is -0.465 e. The average molecular weight is 312 g/mol. The van der Waals surface area contributed by atoms with Crippen molar-refractivity contribution < 1.29 is 14.3 Å². The molecule has 0 saturated carbocycles. The molecule has 1 amide bonds. The van der Waals surface area contributed by atoms with Crippen molar-refractivity contribution in [1.82, 2.24) is 4.90 Å². The highest BCUT2D eigenvalue weighted by Gasteiger charge is 2.24. The molecule has 0 aromatic heterocycles. The fraction of sp³-hybridized carbons (Fsp3) is 0.222. The molecule has 0 aliphatic carbocycles. The molecule has 120 valence electrons. The lowest BCUT2D eigenvalue weighted by atomic mass is 10.0. The van der Waals surface area contributed by atoms with Gasteiger partial charge in [-0.1, -0.05) is 42.5 Å². The number of likely N-dealkylation sites (N-methyl/N-ethyl adjacent to an activating group) is 1. The molecule has 5 nitrogen and oxygen atoms in total. The van der Waals surface area contributed by atoms with E-state index in [1.165, 1.54) is 7.11 Å². The van der Waals surface area contributed by atoms with E-state index in [1.807, 2.05) is 49.3 Å². The van der Waals surface area contributed by atoms with Crippen molar-refractivity contribution in [1.29, 1.82) is 0 Å². The fourth-order valence-electron chi connectivity index (χ4n) is 2.40. The topological polar surface area (TPSA) is 58.6 Å². The van der Waals surface area contributed by atoms with Crippen LogP contribution in [0.4, 0.5) is 5.69 Å². The summed E-state index contributed by atoms with van der Waals surface area (Å²) in [4.78, 5) is 26.3. The van der Waals surface area contributed by atoms with Crippen LogP contribution in [-0.4, -0.2) is 38.0 Å². The van der Waals surface area contributed by atoms with Gasteiger partial charge in [-0.05, 0) is 31.8 Å². The van der Waals surface area contributed by atoms with Crippen molar-refractivity contribution >= 4 is 17.6 Å². The van der Waals surface area contributed by atoms with Crippen molar-refractivity contribution in [2.75, 3.05) is 26.5 Å². The number of rotatable bonds is 5. The van der Waals surface area contributed by atoms with E-state index in [0.29, 0.717) is 11.3 Å². The Morgan fingerprint density at radius 1 is 1.00 bits per heavy atom. The van der Waals surface area contributed by atoms with Gasteiger partial charge < -0.3 is 10.1 Å². The van der Waals surface area contributed by atoms with Crippen LogP contribution in [-0.2, 0) is 9.53 Å². The van der Waals surface area contributed by atoms with E-state index in [0.717, 1.165) is 5.56 Å². The second-order valence-electron chi connectivity index (χ2n) is 5.30. The molecule has 0 fully saturated rings. The second-order valence-corrected chi connectivity index (χ2v) is 5.30. The van der Waals surface area contributed by atoms with Crippen LogP contribution in [0.3, 0.4) is 0 Å². The van der Waals surface area contributed by atoms with E-state index in [2.05, 4.69) is 5.32 Å².